The van der Waals surface area contributed by atoms with Crippen LogP contribution in [-0.4, -0.2) is 22.1 Å². The molecule has 1 aromatic heterocycles. The van der Waals surface area contributed by atoms with E-state index >= 15 is 0 Å². The fourth-order valence-corrected chi connectivity index (χ4v) is 4.15. The fraction of sp³-hybridized carbons (Fsp3) is 0.176. The zero-order valence-corrected chi connectivity index (χ0v) is 15.5. The van der Waals surface area contributed by atoms with Crippen LogP contribution in [0.2, 0.25) is 0 Å². The highest BCUT2D eigenvalue weighted by molar-refractivity contribution is 7.98. The van der Waals surface area contributed by atoms with Gasteiger partial charge >= 0.3 is 0 Å². The minimum Gasteiger partial charge on any atom is -0.298 e. The van der Waals surface area contributed by atoms with Crippen LogP contribution >= 0.6 is 23.1 Å². The Labute approximate surface area is 152 Å². The Hall–Kier alpha value is -2.45. The van der Waals surface area contributed by atoms with E-state index in [2.05, 4.69) is 10.3 Å². The quantitative estimate of drug-likeness (QED) is 0.403. The van der Waals surface area contributed by atoms with Gasteiger partial charge in [-0.05, 0) is 49.4 Å². The largest absolute Gasteiger partial charge is 0.298 e. The van der Waals surface area contributed by atoms with Crippen molar-refractivity contribution in [1.82, 2.24) is 4.98 Å². The van der Waals surface area contributed by atoms with Crippen molar-refractivity contribution in [3.8, 4) is 0 Å². The number of carbonyl (C=O) groups is 1. The molecule has 0 bridgehead atoms. The third-order valence-electron chi connectivity index (χ3n) is 3.69. The number of aryl methyl sites for hydroxylation is 2. The molecule has 6 nitrogen and oxygen atoms in total. The molecule has 0 unspecified atom stereocenters. The van der Waals surface area contributed by atoms with Crippen molar-refractivity contribution in [2.75, 3.05) is 11.6 Å². The van der Waals surface area contributed by atoms with Crippen LogP contribution in [0.15, 0.2) is 35.2 Å². The first-order valence-corrected chi connectivity index (χ1v) is 9.44. The number of hydrogen-bond acceptors (Lipinski definition) is 6. The first-order chi connectivity index (χ1) is 11.9. The molecule has 0 atom stereocenters. The number of benzene rings is 2. The second-order valence-corrected chi connectivity index (χ2v) is 7.42. The second kappa shape index (κ2) is 6.81. The number of aromatic nitrogens is 1. The summed E-state index contributed by atoms with van der Waals surface area (Å²) in [4.78, 5) is 28.1. The van der Waals surface area contributed by atoms with E-state index in [0.29, 0.717) is 10.0 Å². The number of amides is 1. The molecule has 1 heterocycles. The number of rotatable bonds is 4. The van der Waals surface area contributed by atoms with E-state index in [1.54, 1.807) is 18.4 Å². The van der Waals surface area contributed by atoms with Crippen LogP contribution in [0.3, 0.4) is 0 Å². The summed E-state index contributed by atoms with van der Waals surface area (Å²) >= 11 is 2.66. The summed E-state index contributed by atoms with van der Waals surface area (Å²) in [5.74, 6) is -0.413. The summed E-state index contributed by atoms with van der Waals surface area (Å²) in [6.07, 6.45) is 1.76. The van der Waals surface area contributed by atoms with Gasteiger partial charge in [0.15, 0.2) is 5.13 Å². The summed E-state index contributed by atoms with van der Waals surface area (Å²) in [7, 11) is 0. The predicted molar refractivity (Wildman–Crippen MR) is 102 cm³/mol. The molecule has 8 heteroatoms. The molecule has 0 fully saturated rings. The Bertz CT molecular complexity index is 998. The Balaban J connectivity index is 1.91. The van der Waals surface area contributed by atoms with E-state index in [-0.39, 0.29) is 11.3 Å². The van der Waals surface area contributed by atoms with Crippen molar-refractivity contribution in [3.63, 3.8) is 0 Å². The number of nitrogens with zero attached hydrogens (tertiary/aromatic N) is 2. The van der Waals surface area contributed by atoms with Crippen molar-refractivity contribution in [3.05, 3.63) is 57.1 Å². The highest BCUT2D eigenvalue weighted by Gasteiger charge is 2.18. The molecule has 25 heavy (non-hydrogen) atoms. The topological polar surface area (TPSA) is 85.1 Å². The van der Waals surface area contributed by atoms with Crippen molar-refractivity contribution in [2.24, 2.45) is 0 Å². The number of nitrogens with one attached hydrogen (secondary N) is 1. The van der Waals surface area contributed by atoms with Crippen LogP contribution in [0.5, 0.6) is 0 Å². The number of thiazole rings is 1. The van der Waals surface area contributed by atoms with Gasteiger partial charge in [0.1, 0.15) is 0 Å². The molecule has 128 valence electrons. The molecule has 3 aromatic rings. The Kier molecular flexibility index (Phi) is 4.73. The number of anilines is 1. The number of carbonyl (C=O) groups excluding carboxylic acids is 1. The molecule has 0 aliphatic rings. The number of fused-ring (bicyclic) bond motifs is 1. The Morgan fingerprint density at radius 2 is 2.04 bits per heavy atom. The van der Waals surface area contributed by atoms with E-state index in [1.807, 2.05) is 26.0 Å². The molecule has 1 N–H and O–H groups in total. The summed E-state index contributed by atoms with van der Waals surface area (Å²) in [5, 5.41) is 14.4. The standard InChI is InChI=1S/C17H15N3O3S2/c1-9-6-10(2)15-14(7-9)25-17(18-15)19-16(21)11-4-5-13(24-3)12(8-11)20(22)23/h4-8H,1-3H3,(H,18,19,21). The Morgan fingerprint density at radius 1 is 1.28 bits per heavy atom. The molecule has 3 rings (SSSR count). The normalized spacial score (nSPS) is 10.8. The van der Waals surface area contributed by atoms with Gasteiger partial charge in [0.25, 0.3) is 11.6 Å². The first-order valence-electron chi connectivity index (χ1n) is 7.40. The molecular weight excluding hydrogens is 358 g/mol. The smallest absolute Gasteiger partial charge is 0.283 e. The van der Waals surface area contributed by atoms with E-state index < -0.39 is 10.8 Å². The van der Waals surface area contributed by atoms with Crippen LogP contribution in [0.1, 0.15) is 21.5 Å². The zero-order valence-electron chi connectivity index (χ0n) is 13.8. The lowest BCUT2D eigenvalue weighted by atomic mass is 10.1. The molecule has 2 aromatic carbocycles. The van der Waals surface area contributed by atoms with Crippen LogP contribution in [0.25, 0.3) is 10.2 Å². The summed E-state index contributed by atoms with van der Waals surface area (Å²) in [6, 6.07) is 8.52. The lowest BCUT2D eigenvalue weighted by Crippen LogP contribution is -2.12. The van der Waals surface area contributed by atoms with Crippen LogP contribution < -0.4 is 5.32 Å². The summed E-state index contributed by atoms with van der Waals surface area (Å²) in [6.45, 7) is 3.99. The zero-order chi connectivity index (χ0) is 18.1. The van der Waals surface area contributed by atoms with Crippen molar-refractivity contribution < 1.29 is 9.72 Å². The monoisotopic (exact) mass is 373 g/mol. The van der Waals surface area contributed by atoms with Gasteiger partial charge in [-0.15, -0.1) is 11.8 Å². The van der Waals surface area contributed by atoms with Crippen LogP contribution in [0.4, 0.5) is 10.8 Å². The van der Waals surface area contributed by atoms with Gasteiger partial charge in [0.2, 0.25) is 0 Å². The van der Waals surface area contributed by atoms with Gasteiger partial charge in [-0.25, -0.2) is 4.98 Å². The predicted octanol–water partition coefficient (Wildman–Crippen LogP) is 4.80. The molecule has 0 radical (unpaired) electrons. The SMILES string of the molecule is CSc1ccc(C(=O)Nc2nc3c(C)cc(C)cc3s2)cc1[N+](=O)[O-]. The van der Waals surface area contributed by atoms with Crippen LogP contribution in [0, 0.1) is 24.0 Å². The average Bonchev–Trinajstić information content (AvgIpc) is 2.96. The minimum absolute atomic E-state index is 0.0732. The van der Waals surface area contributed by atoms with E-state index in [4.69, 9.17) is 0 Å². The molecular formula is C17H15N3O3S2. The Morgan fingerprint density at radius 3 is 2.72 bits per heavy atom. The maximum atomic E-state index is 12.4. The second-order valence-electron chi connectivity index (χ2n) is 5.55. The number of thioether (sulfide) groups is 1. The number of hydrogen-bond donors (Lipinski definition) is 1. The lowest BCUT2D eigenvalue weighted by Gasteiger charge is -2.04. The number of nitro groups is 1. The van der Waals surface area contributed by atoms with E-state index in [1.165, 1.54) is 29.2 Å². The van der Waals surface area contributed by atoms with Crippen molar-refractivity contribution in [1.29, 1.82) is 0 Å². The van der Waals surface area contributed by atoms with Crippen molar-refractivity contribution >= 4 is 50.0 Å². The summed E-state index contributed by atoms with van der Waals surface area (Å²) < 4.78 is 0.997. The van der Waals surface area contributed by atoms with E-state index in [0.717, 1.165) is 21.3 Å². The molecule has 0 spiro atoms. The molecule has 1 amide bonds. The molecule has 0 saturated heterocycles. The fourth-order valence-electron chi connectivity index (χ4n) is 2.57. The minimum atomic E-state index is -0.480. The third kappa shape index (κ3) is 3.49. The highest BCUT2D eigenvalue weighted by Crippen LogP contribution is 2.31. The van der Waals surface area contributed by atoms with Gasteiger partial charge in [-0.3, -0.25) is 20.2 Å². The lowest BCUT2D eigenvalue weighted by molar-refractivity contribution is -0.387. The van der Waals surface area contributed by atoms with Gasteiger partial charge in [-0.2, -0.15) is 0 Å². The third-order valence-corrected chi connectivity index (χ3v) is 5.39. The molecule has 0 aliphatic heterocycles. The summed E-state index contributed by atoms with van der Waals surface area (Å²) in [5.41, 5.74) is 3.20. The highest BCUT2D eigenvalue weighted by atomic mass is 32.2. The van der Waals surface area contributed by atoms with Gasteiger partial charge in [-0.1, -0.05) is 17.4 Å². The maximum absolute atomic E-state index is 12.4. The molecule has 0 saturated carbocycles. The first kappa shape index (κ1) is 17.4. The average molecular weight is 373 g/mol. The maximum Gasteiger partial charge on any atom is 0.283 e. The number of nitro benzene ring substituents is 1. The van der Waals surface area contributed by atoms with Crippen LogP contribution in [-0.2, 0) is 0 Å². The van der Waals surface area contributed by atoms with Gasteiger partial charge in [0.05, 0.1) is 20.0 Å². The van der Waals surface area contributed by atoms with Gasteiger partial charge in [0, 0.05) is 11.6 Å². The van der Waals surface area contributed by atoms with Gasteiger partial charge < -0.3 is 0 Å². The van der Waals surface area contributed by atoms with E-state index in [9.17, 15) is 14.9 Å². The van der Waals surface area contributed by atoms with Crippen molar-refractivity contribution in [2.45, 2.75) is 18.7 Å². The molecule has 0 aliphatic carbocycles.